The van der Waals surface area contributed by atoms with E-state index in [0.717, 1.165) is 0 Å². The summed E-state index contributed by atoms with van der Waals surface area (Å²) < 4.78 is 15.9. The highest BCUT2D eigenvalue weighted by Crippen LogP contribution is 2.13. The highest BCUT2D eigenvalue weighted by atomic mass is 32.1. The molecule has 0 spiro atoms. The molecule has 0 aliphatic carbocycles. The van der Waals surface area contributed by atoms with Gasteiger partial charge in [-0.05, 0) is 34.3 Å². The Labute approximate surface area is 173 Å². The first-order valence-corrected chi connectivity index (χ1v) is 11.0. The Morgan fingerprint density at radius 3 is 1.21 bits per heavy atom. The molecule has 146 valence electrons. The van der Waals surface area contributed by atoms with E-state index < -0.39 is 23.8 Å². The van der Waals surface area contributed by atoms with Crippen molar-refractivity contribution in [1.29, 1.82) is 0 Å². The maximum absolute atomic E-state index is 12.0. The van der Waals surface area contributed by atoms with Gasteiger partial charge >= 0.3 is 17.9 Å². The zero-order valence-corrected chi connectivity index (χ0v) is 17.0. The SMILES string of the molecule is O=C(OCC(COC(=O)c1ccsc1)COC(=O)c1ccsc1)c1ccsc1. The van der Waals surface area contributed by atoms with E-state index in [4.69, 9.17) is 14.2 Å². The number of esters is 3. The molecule has 0 saturated carbocycles. The van der Waals surface area contributed by atoms with Gasteiger partial charge in [0.05, 0.1) is 22.6 Å². The number of hydrogen-bond donors (Lipinski definition) is 0. The lowest BCUT2D eigenvalue weighted by Crippen LogP contribution is -2.26. The zero-order chi connectivity index (χ0) is 19.8. The first-order valence-electron chi connectivity index (χ1n) is 8.21. The standard InChI is InChI=1S/C19H16O6S3/c20-17(14-1-4-26-10-14)23-7-13(8-24-18(21)15-2-5-27-11-15)9-25-19(22)16-3-6-28-12-16/h1-6,10-13H,7-9H2. The fourth-order valence-electron chi connectivity index (χ4n) is 2.12. The highest BCUT2D eigenvalue weighted by Gasteiger charge is 2.19. The van der Waals surface area contributed by atoms with Crippen molar-refractivity contribution in [2.75, 3.05) is 19.8 Å². The van der Waals surface area contributed by atoms with Gasteiger partial charge in [0, 0.05) is 16.1 Å². The Morgan fingerprint density at radius 2 is 0.964 bits per heavy atom. The molecule has 0 radical (unpaired) electrons. The number of rotatable bonds is 9. The summed E-state index contributed by atoms with van der Waals surface area (Å²) >= 11 is 4.17. The molecular formula is C19H16O6S3. The van der Waals surface area contributed by atoms with E-state index in [9.17, 15) is 14.4 Å². The number of hydrogen-bond acceptors (Lipinski definition) is 9. The number of thiophene rings is 3. The number of ether oxygens (including phenoxy) is 3. The van der Waals surface area contributed by atoms with Crippen LogP contribution < -0.4 is 0 Å². The minimum Gasteiger partial charge on any atom is -0.462 e. The molecule has 0 saturated heterocycles. The van der Waals surface area contributed by atoms with Crippen LogP contribution in [0, 0.1) is 5.92 Å². The molecule has 0 bridgehead atoms. The second kappa shape index (κ2) is 10.2. The van der Waals surface area contributed by atoms with E-state index in [1.807, 2.05) is 0 Å². The maximum Gasteiger partial charge on any atom is 0.338 e. The first kappa shape index (κ1) is 20.2. The summed E-state index contributed by atoms with van der Waals surface area (Å²) in [6, 6.07) is 4.99. The van der Waals surface area contributed by atoms with Crippen molar-refractivity contribution in [2.24, 2.45) is 5.92 Å². The van der Waals surface area contributed by atoms with E-state index in [2.05, 4.69) is 0 Å². The smallest absolute Gasteiger partial charge is 0.338 e. The van der Waals surface area contributed by atoms with E-state index in [1.165, 1.54) is 34.0 Å². The number of carbonyl (C=O) groups excluding carboxylic acids is 3. The van der Waals surface area contributed by atoms with Crippen molar-refractivity contribution >= 4 is 51.9 Å². The Balaban J connectivity index is 1.55. The van der Waals surface area contributed by atoms with Crippen LogP contribution in [0.1, 0.15) is 31.1 Å². The lowest BCUT2D eigenvalue weighted by Gasteiger charge is -2.17. The average molecular weight is 437 g/mol. The molecule has 0 aliphatic rings. The molecule has 3 aromatic heterocycles. The summed E-state index contributed by atoms with van der Waals surface area (Å²) in [6.45, 7) is -0.118. The van der Waals surface area contributed by atoms with Crippen molar-refractivity contribution in [1.82, 2.24) is 0 Å². The van der Waals surface area contributed by atoms with Crippen LogP contribution in [0.2, 0.25) is 0 Å². The fraction of sp³-hybridized carbons (Fsp3) is 0.211. The topological polar surface area (TPSA) is 78.9 Å². The van der Waals surface area contributed by atoms with Gasteiger partial charge in [-0.2, -0.15) is 34.0 Å². The maximum atomic E-state index is 12.0. The Kier molecular flexibility index (Phi) is 7.35. The minimum atomic E-state index is -0.479. The van der Waals surface area contributed by atoms with Gasteiger partial charge < -0.3 is 14.2 Å². The second-order valence-corrected chi connectivity index (χ2v) is 8.04. The van der Waals surface area contributed by atoms with Crippen molar-refractivity contribution in [3.8, 4) is 0 Å². The van der Waals surface area contributed by atoms with Gasteiger partial charge in [0.15, 0.2) is 0 Å². The molecule has 0 aliphatic heterocycles. The van der Waals surface area contributed by atoms with Crippen molar-refractivity contribution in [2.45, 2.75) is 0 Å². The largest absolute Gasteiger partial charge is 0.462 e. The van der Waals surface area contributed by atoms with Crippen LogP contribution in [0.25, 0.3) is 0 Å². The molecule has 9 heteroatoms. The summed E-state index contributed by atoms with van der Waals surface area (Å²) in [5.41, 5.74) is 1.36. The van der Waals surface area contributed by atoms with Crippen LogP contribution in [0.4, 0.5) is 0 Å². The van der Waals surface area contributed by atoms with E-state index in [-0.39, 0.29) is 19.8 Å². The summed E-state index contributed by atoms with van der Waals surface area (Å²) in [6.07, 6.45) is 0. The average Bonchev–Trinajstić information content (AvgIpc) is 3.48. The van der Waals surface area contributed by atoms with Crippen LogP contribution in [-0.2, 0) is 14.2 Å². The van der Waals surface area contributed by atoms with E-state index in [0.29, 0.717) is 16.7 Å². The molecule has 28 heavy (non-hydrogen) atoms. The number of carbonyl (C=O) groups is 3. The molecule has 0 unspecified atom stereocenters. The third kappa shape index (κ3) is 5.75. The Morgan fingerprint density at radius 1 is 0.643 bits per heavy atom. The predicted molar refractivity (Wildman–Crippen MR) is 107 cm³/mol. The Hall–Kier alpha value is -2.49. The molecule has 3 rings (SSSR count). The van der Waals surface area contributed by atoms with E-state index >= 15 is 0 Å². The van der Waals surface area contributed by atoms with Crippen molar-refractivity contribution in [3.63, 3.8) is 0 Å². The lowest BCUT2D eigenvalue weighted by molar-refractivity contribution is 0.00647. The highest BCUT2D eigenvalue weighted by molar-refractivity contribution is 7.08. The van der Waals surface area contributed by atoms with Gasteiger partial charge in [-0.25, -0.2) is 14.4 Å². The molecule has 3 aromatic rings. The monoisotopic (exact) mass is 436 g/mol. The van der Waals surface area contributed by atoms with E-state index in [1.54, 1.807) is 50.5 Å². The van der Waals surface area contributed by atoms with Crippen LogP contribution in [0.5, 0.6) is 0 Å². The zero-order valence-electron chi connectivity index (χ0n) is 14.6. The summed E-state index contributed by atoms with van der Waals surface area (Å²) in [4.78, 5) is 36.1. The molecule has 0 atom stereocenters. The van der Waals surface area contributed by atoms with Crippen LogP contribution in [0.15, 0.2) is 50.5 Å². The van der Waals surface area contributed by atoms with Crippen LogP contribution in [-0.4, -0.2) is 37.7 Å². The van der Waals surface area contributed by atoms with Gasteiger partial charge in [-0.3, -0.25) is 0 Å². The van der Waals surface area contributed by atoms with Gasteiger partial charge in [0.25, 0.3) is 0 Å². The van der Waals surface area contributed by atoms with Crippen LogP contribution in [0.3, 0.4) is 0 Å². The van der Waals surface area contributed by atoms with Gasteiger partial charge in [-0.1, -0.05) is 0 Å². The second-order valence-electron chi connectivity index (χ2n) is 5.70. The fourth-order valence-corrected chi connectivity index (χ4v) is 3.99. The molecule has 6 nitrogen and oxygen atoms in total. The minimum absolute atomic E-state index is 0.0392. The Bertz CT molecular complexity index is 765. The molecule has 0 N–H and O–H groups in total. The normalized spacial score (nSPS) is 10.6. The summed E-state index contributed by atoms with van der Waals surface area (Å²) in [5, 5.41) is 10.4. The van der Waals surface area contributed by atoms with Crippen molar-refractivity contribution in [3.05, 3.63) is 67.2 Å². The molecule has 0 fully saturated rings. The third-order valence-electron chi connectivity index (χ3n) is 3.62. The molecule has 0 amide bonds. The van der Waals surface area contributed by atoms with Gasteiger partial charge in [0.1, 0.15) is 19.8 Å². The summed E-state index contributed by atoms with van der Waals surface area (Å²) in [5.74, 6) is -1.90. The molecule has 3 heterocycles. The predicted octanol–water partition coefficient (Wildman–Crippen LogP) is 4.36. The van der Waals surface area contributed by atoms with Crippen molar-refractivity contribution < 1.29 is 28.6 Å². The van der Waals surface area contributed by atoms with Gasteiger partial charge in [-0.15, -0.1) is 0 Å². The third-order valence-corrected chi connectivity index (χ3v) is 5.67. The molecule has 0 aromatic carbocycles. The lowest BCUT2D eigenvalue weighted by atomic mass is 10.2. The summed E-state index contributed by atoms with van der Waals surface area (Å²) in [7, 11) is 0. The van der Waals surface area contributed by atoms with Crippen LogP contribution >= 0.6 is 34.0 Å². The first-order chi connectivity index (χ1) is 13.6. The quantitative estimate of drug-likeness (QED) is 0.366. The molecular weight excluding hydrogens is 420 g/mol. The van der Waals surface area contributed by atoms with Gasteiger partial charge in [0.2, 0.25) is 0 Å².